The van der Waals surface area contributed by atoms with Gasteiger partial charge >= 0.3 is 0 Å². The van der Waals surface area contributed by atoms with Crippen molar-refractivity contribution in [1.82, 2.24) is 10.2 Å². The first-order chi connectivity index (χ1) is 11.2. The summed E-state index contributed by atoms with van der Waals surface area (Å²) in [5, 5.41) is 3.09. The first-order valence-corrected chi connectivity index (χ1v) is 9.35. The van der Waals surface area contributed by atoms with Crippen LogP contribution in [0.4, 0.5) is 0 Å². The van der Waals surface area contributed by atoms with Gasteiger partial charge in [0.25, 0.3) is 5.91 Å². The Hall–Kier alpha value is -1.35. The normalized spacial score (nSPS) is 21.7. The molecule has 2 aliphatic rings. The Balaban J connectivity index is 1.42. The Labute approximate surface area is 140 Å². The summed E-state index contributed by atoms with van der Waals surface area (Å²) in [6, 6.07) is 6.25. The maximum Gasteiger partial charge on any atom is 0.251 e. The molecule has 1 aliphatic heterocycles. The Morgan fingerprint density at radius 3 is 2.87 bits per heavy atom. The predicted molar refractivity (Wildman–Crippen MR) is 94.9 cm³/mol. The molecule has 1 aromatic carbocycles. The summed E-state index contributed by atoms with van der Waals surface area (Å²) in [5.74, 6) is 0.916. The Morgan fingerprint density at radius 2 is 2.04 bits per heavy atom. The summed E-state index contributed by atoms with van der Waals surface area (Å²) in [7, 11) is 0. The molecule has 3 heteroatoms. The number of hydrogen-bond acceptors (Lipinski definition) is 2. The van der Waals surface area contributed by atoms with E-state index in [1.54, 1.807) is 0 Å². The van der Waals surface area contributed by atoms with Crippen molar-refractivity contribution in [3.8, 4) is 0 Å². The maximum atomic E-state index is 12.3. The van der Waals surface area contributed by atoms with Crippen LogP contribution in [0.3, 0.4) is 0 Å². The third-order valence-corrected chi connectivity index (χ3v) is 5.29. The minimum absolute atomic E-state index is 0.0883. The number of likely N-dealkylation sites (tertiary alicyclic amines) is 1. The van der Waals surface area contributed by atoms with Gasteiger partial charge in [-0.3, -0.25) is 4.79 Å². The second kappa shape index (κ2) is 7.96. The van der Waals surface area contributed by atoms with E-state index in [1.165, 1.54) is 56.3 Å². The van der Waals surface area contributed by atoms with Crippen molar-refractivity contribution in [2.24, 2.45) is 5.92 Å². The molecular weight excluding hydrogens is 284 g/mol. The van der Waals surface area contributed by atoms with Crippen molar-refractivity contribution >= 4 is 5.91 Å². The fourth-order valence-electron chi connectivity index (χ4n) is 3.97. The lowest BCUT2D eigenvalue weighted by atomic mass is 9.90. The summed E-state index contributed by atoms with van der Waals surface area (Å²) in [5.41, 5.74) is 3.65. The Bertz CT molecular complexity index is 540. The number of fused-ring (bicyclic) bond motifs is 1. The van der Waals surface area contributed by atoms with Gasteiger partial charge in [-0.15, -0.1) is 0 Å². The number of carbonyl (C=O) groups excluding carboxylic acids is 1. The number of piperidine rings is 1. The van der Waals surface area contributed by atoms with Crippen molar-refractivity contribution in [2.45, 2.75) is 51.9 Å². The monoisotopic (exact) mass is 314 g/mol. The zero-order valence-corrected chi connectivity index (χ0v) is 14.4. The fourth-order valence-corrected chi connectivity index (χ4v) is 3.97. The Morgan fingerprint density at radius 1 is 1.22 bits per heavy atom. The zero-order chi connectivity index (χ0) is 16.1. The van der Waals surface area contributed by atoms with Crippen LogP contribution in [0.5, 0.6) is 0 Å². The molecule has 0 radical (unpaired) electrons. The number of carbonyl (C=O) groups is 1. The van der Waals surface area contributed by atoms with Crippen molar-refractivity contribution in [3.05, 3.63) is 34.9 Å². The number of rotatable bonds is 5. The van der Waals surface area contributed by atoms with E-state index in [4.69, 9.17) is 0 Å². The van der Waals surface area contributed by atoms with Crippen LogP contribution in [0.25, 0.3) is 0 Å². The lowest BCUT2D eigenvalue weighted by Gasteiger charge is -2.30. The van der Waals surface area contributed by atoms with Gasteiger partial charge in [0.1, 0.15) is 0 Å². The molecule has 1 amide bonds. The molecular formula is C20H30N2O. The molecule has 1 fully saturated rings. The maximum absolute atomic E-state index is 12.3. The molecule has 0 aromatic heterocycles. The molecule has 0 spiro atoms. The van der Waals surface area contributed by atoms with Crippen LogP contribution in [0, 0.1) is 5.92 Å². The number of aryl methyl sites for hydroxylation is 2. The molecule has 1 atom stereocenters. The van der Waals surface area contributed by atoms with E-state index in [0.29, 0.717) is 0 Å². The van der Waals surface area contributed by atoms with Gasteiger partial charge in [0, 0.05) is 18.7 Å². The third kappa shape index (κ3) is 4.57. The second-order valence-corrected chi connectivity index (χ2v) is 7.35. The van der Waals surface area contributed by atoms with Crippen LogP contribution in [0.2, 0.25) is 0 Å². The molecule has 1 heterocycles. The summed E-state index contributed by atoms with van der Waals surface area (Å²) in [6.45, 7) is 6.67. The van der Waals surface area contributed by atoms with Crippen LogP contribution in [0.1, 0.15) is 60.5 Å². The van der Waals surface area contributed by atoms with Gasteiger partial charge in [0.05, 0.1) is 0 Å². The SMILES string of the molecule is C[C@@H]1CCCN(CCCNC(=O)c2ccc3c(c2)CCCC3)C1. The molecule has 0 unspecified atom stereocenters. The van der Waals surface area contributed by atoms with E-state index in [1.807, 2.05) is 6.07 Å². The van der Waals surface area contributed by atoms with E-state index in [0.717, 1.165) is 37.4 Å². The number of benzene rings is 1. The molecule has 1 N–H and O–H groups in total. The van der Waals surface area contributed by atoms with Crippen LogP contribution in [0.15, 0.2) is 18.2 Å². The number of nitrogens with zero attached hydrogens (tertiary/aromatic N) is 1. The largest absolute Gasteiger partial charge is 0.352 e. The molecule has 3 rings (SSSR count). The van der Waals surface area contributed by atoms with E-state index in [-0.39, 0.29) is 5.91 Å². The summed E-state index contributed by atoms with van der Waals surface area (Å²) >= 11 is 0. The van der Waals surface area contributed by atoms with Gasteiger partial charge in [-0.2, -0.15) is 0 Å². The first-order valence-electron chi connectivity index (χ1n) is 9.35. The second-order valence-electron chi connectivity index (χ2n) is 7.35. The molecule has 0 bridgehead atoms. The predicted octanol–water partition coefficient (Wildman–Crippen LogP) is 3.42. The highest BCUT2D eigenvalue weighted by molar-refractivity contribution is 5.94. The van der Waals surface area contributed by atoms with Crippen molar-refractivity contribution in [1.29, 1.82) is 0 Å². The highest BCUT2D eigenvalue weighted by Crippen LogP contribution is 2.22. The van der Waals surface area contributed by atoms with Gasteiger partial charge < -0.3 is 10.2 Å². The lowest BCUT2D eigenvalue weighted by Crippen LogP contribution is -2.36. The number of amides is 1. The molecule has 0 saturated carbocycles. The van der Waals surface area contributed by atoms with E-state index < -0.39 is 0 Å². The summed E-state index contributed by atoms with van der Waals surface area (Å²) in [6.07, 6.45) is 8.58. The molecule has 1 saturated heterocycles. The zero-order valence-electron chi connectivity index (χ0n) is 14.4. The molecule has 23 heavy (non-hydrogen) atoms. The smallest absolute Gasteiger partial charge is 0.251 e. The van der Waals surface area contributed by atoms with Crippen molar-refractivity contribution < 1.29 is 4.79 Å². The number of hydrogen-bond donors (Lipinski definition) is 1. The van der Waals surface area contributed by atoms with Gasteiger partial charge in [-0.25, -0.2) is 0 Å². The van der Waals surface area contributed by atoms with E-state index in [2.05, 4.69) is 29.3 Å². The van der Waals surface area contributed by atoms with E-state index in [9.17, 15) is 4.79 Å². The number of nitrogens with one attached hydrogen (secondary N) is 1. The molecule has 1 aliphatic carbocycles. The Kier molecular flexibility index (Phi) is 5.71. The topological polar surface area (TPSA) is 32.3 Å². The highest BCUT2D eigenvalue weighted by Gasteiger charge is 2.16. The van der Waals surface area contributed by atoms with Crippen LogP contribution >= 0.6 is 0 Å². The van der Waals surface area contributed by atoms with Gasteiger partial charge in [0.2, 0.25) is 0 Å². The fraction of sp³-hybridized carbons (Fsp3) is 0.650. The minimum Gasteiger partial charge on any atom is -0.352 e. The van der Waals surface area contributed by atoms with Gasteiger partial charge in [0.15, 0.2) is 0 Å². The van der Waals surface area contributed by atoms with Crippen molar-refractivity contribution in [3.63, 3.8) is 0 Å². The summed E-state index contributed by atoms with van der Waals surface area (Å²) < 4.78 is 0. The van der Waals surface area contributed by atoms with Gasteiger partial charge in [-0.05, 0) is 87.2 Å². The lowest BCUT2D eigenvalue weighted by molar-refractivity contribution is 0.0950. The molecule has 3 nitrogen and oxygen atoms in total. The van der Waals surface area contributed by atoms with Crippen LogP contribution in [-0.2, 0) is 12.8 Å². The first kappa shape index (κ1) is 16.5. The highest BCUT2D eigenvalue weighted by atomic mass is 16.1. The average Bonchev–Trinajstić information content (AvgIpc) is 2.58. The average molecular weight is 314 g/mol. The standard InChI is InChI=1S/C20H30N2O/c1-16-6-4-12-22(15-16)13-5-11-21-20(23)19-10-9-17-7-2-3-8-18(17)14-19/h9-10,14,16H,2-8,11-13,15H2,1H3,(H,21,23)/t16-/m1/s1. The minimum atomic E-state index is 0.0883. The quantitative estimate of drug-likeness (QED) is 0.845. The molecule has 126 valence electrons. The third-order valence-electron chi connectivity index (χ3n) is 5.29. The van der Waals surface area contributed by atoms with Crippen LogP contribution in [-0.4, -0.2) is 37.0 Å². The van der Waals surface area contributed by atoms with Crippen LogP contribution < -0.4 is 5.32 Å². The van der Waals surface area contributed by atoms with Gasteiger partial charge in [-0.1, -0.05) is 13.0 Å². The molecule has 1 aromatic rings. The van der Waals surface area contributed by atoms with E-state index >= 15 is 0 Å². The summed E-state index contributed by atoms with van der Waals surface area (Å²) in [4.78, 5) is 14.8. The van der Waals surface area contributed by atoms with Crippen molar-refractivity contribution in [2.75, 3.05) is 26.2 Å².